The lowest BCUT2D eigenvalue weighted by atomic mass is 9.98. The van der Waals surface area contributed by atoms with E-state index in [1.165, 1.54) is 30.9 Å². The minimum absolute atomic E-state index is 0.453. The Bertz CT molecular complexity index is 332. The molecular weight excluding hydrogens is 240 g/mol. The van der Waals surface area contributed by atoms with Crippen LogP contribution in [0.15, 0.2) is 5.38 Å². The average Bonchev–Trinajstić information content (AvgIpc) is 2.77. The zero-order chi connectivity index (χ0) is 11.5. The summed E-state index contributed by atoms with van der Waals surface area (Å²) in [4.78, 5) is 7.11. The minimum Gasteiger partial charge on any atom is -0.294 e. The summed E-state index contributed by atoms with van der Waals surface area (Å²) in [7, 11) is 0. The molecule has 0 N–H and O–H groups in total. The van der Waals surface area contributed by atoms with Crippen molar-refractivity contribution in [3.05, 3.63) is 16.1 Å². The molecule has 2 rings (SSSR count). The summed E-state index contributed by atoms with van der Waals surface area (Å²) in [5.41, 5.74) is 1.01. The standard InChI is InChI=1S/C12H19ClN2S/c1-9-3-5-15(6-4-9)10(2)12-14-11(7-13)8-16-12/h8-10H,3-7H2,1-2H3. The summed E-state index contributed by atoms with van der Waals surface area (Å²) in [6, 6.07) is 0.453. The van der Waals surface area contributed by atoms with Gasteiger partial charge in [-0.2, -0.15) is 0 Å². The Balaban J connectivity index is 1.98. The fourth-order valence-electron chi connectivity index (χ4n) is 2.15. The van der Waals surface area contributed by atoms with E-state index in [4.69, 9.17) is 11.6 Å². The van der Waals surface area contributed by atoms with E-state index in [2.05, 4.69) is 29.1 Å². The first kappa shape index (κ1) is 12.3. The van der Waals surface area contributed by atoms with Crippen LogP contribution in [0.4, 0.5) is 0 Å². The van der Waals surface area contributed by atoms with Crippen LogP contribution in [0.25, 0.3) is 0 Å². The second-order valence-corrected chi connectivity index (χ2v) is 5.86. The fourth-order valence-corrected chi connectivity index (χ4v) is 3.29. The maximum atomic E-state index is 5.78. The first-order chi connectivity index (χ1) is 7.70. The highest BCUT2D eigenvalue weighted by Crippen LogP contribution is 2.28. The molecule has 4 heteroatoms. The molecule has 0 aliphatic carbocycles. The van der Waals surface area contributed by atoms with E-state index >= 15 is 0 Å². The van der Waals surface area contributed by atoms with Gasteiger partial charge in [-0.1, -0.05) is 6.92 Å². The fraction of sp³-hybridized carbons (Fsp3) is 0.750. The van der Waals surface area contributed by atoms with Crippen LogP contribution in [0, 0.1) is 5.92 Å². The topological polar surface area (TPSA) is 16.1 Å². The van der Waals surface area contributed by atoms with Gasteiger partial charge >= 0.3 is 0 Å². The highest BCUT2D eigenvalue weighted by atomic mass is 35.5. The van der Waals surface area contributed by atoms with E-state index in [1.54, 1.807) is 11.3 Å². The Morgan fingerprint density at radius 1 is 1.56 bits per heavy atom. The largest absolute Gasteiger partial charge is 0.294 e. The lowest BCUT2D eigenvalue weighted by molar-refractivity contribution is 0.147. The number of likely N-dealkylation sites (tertiary alicyclic amines) is 1. The Kier molecular flexibility index (Phi) is 4.22. The normalized spacial score (nSPS) is 21.2. The van der Waals surface area contributed by atoms with Crippen molar-refractivity contribution in [1.29, 1.82) is 0 Å². The van der Waals surface area contributed by atoms with Gasteiger partial charge in [0.05, 0.1) is 17.6 Å². The van der Waals surface area contributed by atoms with E-state index in [1.807, 2.05) is 0 Å². The number of nitrogens with zero attached hydrogens (tertiary/aromatic N) is 2. The molecule has 1 aliphatic heterocycles. The minimum atomic E-state index is 0.453. The monoisotopic (exact) mass is 258 g/mol. The van der Waals surface area contributed by atoms with E-state index in [9.17, 15) is 0 Å². The first-order valence-electron chi connectivity index (χ1n) is 5.95. The summed E-state index contributed by atoms with van der Waals surface area (Å²) in [6.45, 7) is 7.01. The third-order valence-corrected chi connectivity index (χ3v) is 4.77. The number of aromatic nitrogens is 1. The van der Waals surface area contributed by atoms with Gasteiger partial charge in [0.1, 0.15) is 5.01 Å². The molecule has 1 atom stereocenters. The van der Waals surface area contributed by atoms with Crippen molar-refractivity contribution >= 4 is 22.9 Å². The van der Waals surface area contributed by atoms with E-state index in [-0.39, 0.29) is 0 Å². The molecule has 1 aromatic rings. The van der Waals surface area contributed by atoms with Gasteiger partial charge in [0.15, 0.2) is 0 Å². The van der Waals surface area contributed by atoms with Crippen LogP contribution in [0.1, 0.15) is 43.4 Å². The average molecular weight is 259 g/mol. The predicted molar refractivity (Wildman–Crippen MR) is 70.1 cm³/mol. The molecule has 90 valence electrons. The molecular formula is C12H19ClN2S. The third kappa shape index (κ3) is 2.76. The Morgan fingerprint density at radius 3 is 2.81 bits per heavy atom. The van der Waals surface area contributed by atoms with Gasteiger partial charge in [-0.05, 0) is 38.8 Å². The van der Waals surface area contributed by atoms with Crippen LogP contribution in [0.2, 0.25) is 0 Å². The quantitative estimate of drug-likeness (QED) is 0.769. The molecule has 0 aromatic carbocycles. The highest BCUT2D eigenvalue weighted by Gasteiger charge is 2.23. The lowest BCUT2D eigenvalue weighted by Gasteiger charge is -2.33. The van der Waals surface area contributed by atoms with Gasteiger partial charge in [0, 0.05) is 5.38 Å². The molecule has 2 heterocycles. The van der Waals surface area contributed by atoms with Gasteiger partial charge in [-0.15, -0.1) is 22.9 Å². The van der Waals surface area contributed by atoms with Crippen molar-refractivity contribution in [1.82, 2.24) is 9.88 Å². The van der Waals surface area contributed by atoms with Gasteiger partial charge in [-0.25, -0.2) is 4.98 Å². The smallest absolute Gasteiger partial charge is 0.110 e. The molecule has 1 saturated heterocycles. The molecule has 1 aliphatic rings. The molecule has 1 unspecified atom stereocenters. The van der Waals surface area contributed by atoms with Gasteiger partial charge in [0.25, 0.3) is 0 Å². The summed E-state index contributed by atoms with van der Waals surface area (Å²) in [6.07, 6.45) is 2.64. The Labute approximate surface area is 107 Å². The molecule has 0 saturated carbocycles. The zero-order valence-corrected chi connectivity index (χ0v) is 11.5. The Hall–Kier alpha value is -0.120. The van der Waals surface area contributed by atoms with Crippen LogP contribution in [-0.2, 0) is 5.88 Å². The van der Waals surface area contributed by atoms with Crippen molar-refractivity contribution in [2.24, 2.45) is 5.92 Å². The number of alkyl halides is 1. The van der Waals surface area contributed by atoms with E-state index in [0.717, 1.165) is 11.6 Å². The summed E-state index contributed by atoms with van der Waals surface area (Å²) >= 11 is 7.52. The SMILES string of the molecule is CC1CCN(C(C)c2nc(CCl)cs2)CC1. The molecule has 0 bridgehead atoms. The Morgan fingerprint density at radius 2 is 2.25 bits per heavy atom. The van der Waals surface area contributed by atoms with Crippen LogP contribution < -0.4 is 0 Å². The first-order valence-corrected chi connectivity index (χ1v) is 7.36. The molecule has 16 heavy (non-hydrogen) atoms. The maximum Gasteiger partial charge on any atom is 0.110 e. The second-order valence-electron chi connectivity index (χ2n) is 4.71. The van der Waals surface area contributed by atoms with Crippen LogP contribution in [0.5, 0.6) is 0 Å². The summed E-state index contributed by atoms with van der Waals surface area (Å²) < 4.78 is 0. The van der Waals surface area contributed by atoms with E-state index in [0.29, 0.717) is 11.9 Å². The predicted octanol–water partition coefficient (Wildman–Crippen LogP) is 3.67. The van der Waals surface area contributed by atoms with Gasteiger partial charge < -0.3 is 0 Å². The van der Waals surface area contributed by atoms with Gasteiger partial charge in [0.2, 0.25) is 0 Å². The number of hydrogen-bond donors (Lipinski definition) is 0. The molecule has 0 radical (unpaired) electrons. The molecule has 1 fully saturated rings. The molecule has 1 aromatic heterocycles. The number of rotatable bonds is 3. The number of piperidine rings is 1. The van der Waals surface area contributed by atoms with Crippen LogP contribution in [-0.4, -0.2) is 23.0 Å². The number of thiazole rings is 1. The number of halogens is 1. The van der Waals surface area contributed by atoms with Crippen molar-refractivity contribution < 1.29 is 0 Å². The number of hydrogen-bond acceptors (Lipinski definition) is 3. The lowest BCUT2D eigenvalue weighted by Crippen LogP contribution is -2.34. The van der Waals surface area contributed by atoms with Gasteiger partial charge in [-0.3, -0.25) is 4.90 Å². The molecule has 2 nitrogen and oxygen atoms in total. The van der Waals surface area contributed by atoms with Crippen LogP contribution in [0.3, 0.4) is 0 Å². The third-order valence-electron chi connectivity index (χ3n) is 3.43. The van der Waals surface area contributed by atoms with Crippen molar-refractivity contribution in [3.63, 3.8) is 0 Å². The molecule has 0 amide bonds. The van der Waals surface area contributed by atoms with Crippen molar-refractivity contribution in [2.45, 2.75) is 38.6 Å². The van der Waals surface area contributed by atoms with E-state index < -0.39 is 0 Å². The summed E-state index contributed by atoms with van der Waals surface area (Å²) in [5.74, 6) is 1.42. The molecule has 0 spiro atoms. The summed E-state index contributed by atoms with van der Waals surface area (Å²) in [5, 5.41) is 3.29. The zero-order valence-electron chi connectivity index (χ0n) is 9.95. The van der Waals surface area contributed by atoms with Crippen LogP contribution >= 0.6 is 22.9 Å². The maximum absolute atomic E-state index is 5.78. The van der Waals surface area contributed by atoms with Crippen molar-refractivity contribution in [3.8, 4) is 0 Å². The second kappa shape index (κ2) is 5.48. The van der Waals surface area contributed by atoms with Crippen molar-refractivity contribution in [2.75, 3.05) is 13.1 Å². The highest BCUT2D eigenvalue weighted by molar-refractivity contribution is 7.09.